The van der Waals surface area contributed by atoms with E-state index in [-0.39, 0.29) is 17.0 Å². The first-order chi connectivity index (χ1) is 12.9. The van der Waals surface area contributed by atoms with Gasteiger partial charge in [-0.2, -0.15) is 0 Å². The van der Waals surface area contributed by atoms with Gasteiger partial charge in [-0.05, 0) is 48.4 Å². The Morgan fingerprint density at radius 3 is 2.15 bits per heavy atom. The summed E-state index contributed by atoms with van der Waals surface area (Å²) in [7, 11) is -3.58. The number of carbonyl (C=O) groups excluding carboxylic acids is 2. The predicted octanol–water partition coefficient (Wildman–Crippen LogP) is 2.34. The summed E-state index contributed by atoms with van der Waals surface area (Å²) in [5.41, 5.74) is 1.93. The minimum Gasteiger partial charge on any atom is -0.452 e. The maximum absolute atomic E-state index is 12.0. The molecule has 144 valence electrons. The molecular formula is C19H22N2O5S. The van der Waals surface area contributed by atoms with E-state index in [0.29, 0.717) is 5.69 Å². The molecule has 2 aromatic rings. The monoisotopic (exact) mass is 390 g/mol. The van der Waals surface area contributed by atoms with Gasteiger partial charge in [0.05, 0.1) is 10.5 Å². The van der Waals surface area contributed by atoms with E-state index >= 15 is 0 Å². The number of carbonyl (C=O) groups is 2. The van der Waals surface area contributed by atoms with Gasteiger partial charge in [-0.1, -0.05) is 26.0 Å². The first kappa shape index (κ1) is 20.6. The number of rotatable bonds is 8. The summed E-state index contributed by atoms with van der Waals surface area (Å²) in [6, 6.07) is 12.7. The Morgan fingerprint density at radius 1 is 0.963 bits per heavy atom. The molecule has 0 aliphatic carbocycles. The van der Waals surface area contributed by atoms with Crippen molar-refractivity contribution in [2.24, 2.45) is 0 Å². The topological polar surface area (TPSA) is 102 Å². The van der Waals surface area contributed by atoms with E-state index < -0.39 is 28.5 Å². The first-order valence-corrected chi connectivity index (χ1v) is 9.99. The molecular weight excluding hydrogens is 368 g/mol. The smallest absolute Gasteiger partial charge is 0.338 e. The molecule has 27 heavy (non-hydrogen) atoms. The van der Waals surface area contributed by atoms with Gasteiger partial charge in [0.15, 0.2) is 6.61 Å². The first-order valence-electron chi connectivity index (χ1n) is 8.51. The molecule has 2 N–H and O–H groups in total. The normalized spacial score (nSPS) is 11.0. The lowest BCUT2D eigenvalue weighted by atomic mass is 10.1. The van der Waals surface area contributed by atoms with E-state index in [9.17, 15) is 18.0 Å². The van der Waals surface area contributed by atoms with Crippen LogP contribution in [0.25, 0.3) is 0 Å². The lowest BCUT2D eigenvalue weighted by molar-refractivity contribution is -0.119. The third-order valence-electron chi connectivity index (χ3n) is 3.71. The highest BCUT2D eigenvalue weighted by molar-refractivity contribution is 7.89. The van der Waals surface area contributed by atoms with Crippen molar-refractivity contribution in [2.45, 2.75) is 25.2 Å². The summed E-state index contributed by atoms with van der Waals surface area (Å²) >= 11 is 0. The second kappa shape index (κ2) is 9.29. The molecule has 0 aromatic heterocycles. The fourth-order valence-electron chi connectivity index (χ4n) is 2.28. The van der Waals surface area contributed by atoms with Crippen LogP contribution >= 0.6 is 0 Å². The Hall–Kier alpha value is -2.71. The van der Waals surface area contributed by atoms with Gasteiger partial charge in [0.25, 0.3) is 5.91 Å². The Kier molecular flexibility index (Phi) is 7.09. The van der Waals surface area contributed by atoms with E-state index in [4.69, 9.17) is 4.74 Å². The Morgan fingerprint density at radius 2 is 1.59 bits per heavy atom. The summed E-state index contributed by atoms with van der Waals surface area (Å²) in [6.45, 7) is 3.54. The third kappa shape index (κ3) is 5.90. The molecule has 0 saturated heterocycles. The zero-order chi connectivity index (χ0) is 19.9. The lowest BCUT2D eigenvalue weighted by Crippen LogP contribution is -2.23. The molecule has 0 fully saturated rings. The molecule has 0 spiro atoms. The van der Waals surface area contributed by atoms with Crippen LogP contribution in [0.5, 0.6) is 0 Å². The van der Waals surface area contributed by atoms with Gasteiger partial charge in [-0.15, -0.1) is 0 Å². The van der Waals surface area contributed by atoms with Crippen LogP contribution in [0, 0.1) is 0 Å². The Balaban J connectivity index is 1.90. The van der Waals surface area contributed by atoms with Gasteiger partial charge < -0.3 is 10.1 Å². The maximum atomic E-state index is 12.0. The predicted molar refractivity (Wildman–Crippen MR) is 102 cm³/mol. The summed E-state index contributed by atoms with van der Waals surface area (Å²) in [4.78, 5) is 23.9. The number of hydrogen-bond acceptors (Lipinski definition) is 5. The Labute approximate surface area is 158 Å². The second-order valence-electron chi connectivity index (χ2n) is 5.70. The summed E-state index contributed by atoms with van der Waals surface area (Å²) in [5, 5.41) is 2.64. The average molecular weight is 390 g/mol. The van der Waals surface area contributed by atoms with Crippen molar-refractivity contribution in [3.63, 3.8) is 0 Å². The molecule has 2 aromatic carbocycles. The molecule has 0 saturated carbocycles. The zero-order valence-electron chi connectivity index (χ0n) is 15.2. The van der Waals surface area contributed by atoms with Crippen LogP contribution in [0.1, 0.15) is 29.8 Å². The molecule has 1 amide bonds. The van der Waals surface area contributed by atoms with Gasteiger partial charge in [0.1, 0.15) is 0 Å². The van der Waals surface area contributed by atoms with Gasteiger partial charge in [0, 0.05) is 12.2 Å². The summed E-state index contributed by atoms with van der Waals surface area (Å²) < 4.78 is 31.0. The van der Waals surface area contributed by atoms with E-state index in [1.54, 1.807) is 19.1 Å². The van der Waals surface area contributed by atoms with E-state index in [0.717, 1.165) is 12.0 Å². The van der Waals surface area contributed by atoms with Crippen molar-refractivity contribution in [1.82, 2.24) is 4.72 Å². The molecule has 0 radical (unpaired) electrons. The number of hydrogen-bond donors (Lipinski definition) is 2. The van der Waals surface area contributed by atoms with Crippen LogP contribution in [0.2, 0.25) is 0 Å². The number of nitrogens with one attached hydrogen (secondary N) is 2. The largest absolute Gasteiger partial charge is 0.452 e. The van der Waals surface area contributed by atoms with Crippen molar-refractivity contribution >= 4 is 27.6 Å². The molecule has 7 nitrogen and oxygen atoms in total. The minimum absolute atomic E-state index is 0.0502. The average Bonchev–Trinajstić information content (AvgIpc) is 2.67. The van der Waals surface area contributed by atoms with E-state index in [2.05, 4.69) is 10.0 Å². The van der Waals surface area contributed by atoms with Crippen LogP contribution < -0.4 is 10.0 Å². The van der Waals surface area contributed by atoms with Crippen LogP contribution in [-0.2, 0) is 26.0 Å². The highest BCUT2D eigenvalue weighted by atomic mass is 32.2. The molecule has 0 aliphatic heterocycles. The zero-order valence-corrected chi connectivity index (χ0v) is 16.0. The van der Waals surface area contributed by atoms with Gasteiger partial charge in [-0.3, -0.25) is 4.79 Å². The standard InChI is InChI=1S/C19H22N2O5S/c1-3-14-5-9-16(10-6-14)21-18(22)13-26-19(23)15-7-11-17(12-8-15)27(24,25)20-4-2/h5-12,20H,3-4,13H2,1-2H3,(H,21,22). The molecule has 8 heteroatoms. The number of anilines is 1. The second-order valence-corrected chi connectivity index (χ2v) is 7.47. The number of benzene rings is 2. The number of amides is 1. The van der Waals surface area contributed by atoms with Crippen LogP contribution in [0.3, 0.4) is 0 Å². The quantitative estimate of drug-likeness (QED) is 0.674. The van der Waals surface area contributed by atoms with Crippen LogP contribution in [0.15, 0.2) is 53.4 Å². The maximum Gasteiger partial charge on any atom is 0.338 e. The number of esters is 1. The van der Waals surface area contributed by atoms with E-state index in [1.165, 1.54) is 24.3 Å². The highest BCUT2D eigenvalue weighted by Gasteiger charge is 2.15. The third-order valence-corrected chi connectivity index (χ3v) is 5.28. The highest BCUT2D eigenvalue weighted by Crippen LogP contribution is 2.12. The minimum atomic E-state index is -3.58. The number of aryl methyl sites for hydroxylation is 1. The van der Waals surface area contributed by atoms with Crippen LogP contribution in [-0.4, -0.2) is 33.4 Å². The molecule has 0 aliphatic rings. The summed E-state index contributed by atoms with van der Waals surface area (Å²) in [6.07, 6.45) is 0.903. The number of sulfonamides is 1. The Bertz CT molecular complexity index is 891. The van der Waals surface area contributed by atoms with Gasteiger partial charge in [0.2, 0.25) is 10.0 Å². The molecule has 0 heterocycles. The number of ether oxygens (including phenoxy) is 1. The lowest BCUT2D eigenvalue weighted by Gasteiger charge is -2.08. The SMILES string of the molecule is CCNS(=O)(=O)c1ccc(C(=O)OCC(=O)Nc2ccc(CC)cc2)cc1. The molecule has 0 bridgehead atoms. The van der Waals surface area contributed by atoms with Crippen molar-refractivity contribution in [3.8, 4) is 0 Å². The fraction of sp³-hybridized carbons (Fsp3) is 0.263. The molecule has 0 atom stereocenters. The van der Waals surface area contributed by atoms with Gasteiger partial charge >= 0.3 is 5.97 Å². The van der Waals surface area contributed by atoms with Gasteiger partial charge in [-0.25, -0.2) is 17.9 Å². The fourth-order valence-corrected chi connectivity index (χ4v) is 3.32. The van der Waals surface area contributed by atoms with Crippen molar-refractivity contribution in [3.05, 3.63) is 59.7 Å². The van der Waals surface area contributed by atoms with E-state index in [1.807, 2.05) is 19.1 Å². The summed E-state index contributed by atoms with van der Waals surface area (Å²) in [5.74, 6) is -1.17. The molecule has 2 rings (SSSR count). The van der Waals surface area contributed by atoms with Crippen molar-refractivity contribution in [1.29, 1.82) is 0 Å². The molecule has 0 unspecified atom stereocenters. The van der Waals surface area contributed by atoms with Crippen molar-refractivity contribution < 1.29 is 22.7 Å². The van der Waals surface area contributed by atoms with Crippen LogP contribution in [0.4, 0.5) is 5.69 Å². The van der Waals surface area contributed by atoms with Crippen molar-refractivity contribution in [2.75, 3.05) is 18.5 Å².